The van der Waals surface area contributed by atoms with Crippen LogP contribution in [0.25, 0.3) is 22.6 Å². The minimum atomic E-state index is 0.562. The second-order valence-corrected chi connectivity index (χ2v) is 4.46. The summed E-state index contributed by atoms with van der Waals surface area (Å²) in [5.74, 6) is 1.51. The third kappa shape index (κ3) is 1.38. The summed E-state index contributed by atoms with van der Waals surface area (Å²) in [7, 11) is 0. The fraction of sp³-hybridized carbons (Fsp3) is 0.214. The number of fused-ring (bicyclic) bond motifs is 5. The monoisotopic (exact) mass is 252 g/mol. The molecule has 5 heteroatoms. The van der Waals surface area contributed by atoms with Crippen molar-refractivity contribution < 1.29 is 4.74 Å². The summed E-state index contributed by atoms with van der Waals surface area (Å²) in [5, 5.41) is 0. The highest BCUT2D eigenvalue weighted by atomic mass is 16.5. The van der Waals surface area contributed by atoms with E-state index in [-0.39, 0.29) is 0 Å². The van der Waals surface area contributed by atoms with Crippen molar-refractivity contribution in [2.24, 2.45) is 0 Å². The third-order valence-electron chi connectivity index (χ3n) is 3.37. The second kappa shape index (κ2) is 3.78. The molecular formula is C14H12N4O. The lowest BCUT2D eigenvalue weighted by Gasteiger charge is -2.02. The van der Waals surface area contributed by atoms with Crippen molar-refractivity contribution in [3.8, 4) is 17.3 Å². The van der Waals surface area contributed by atoms with Crippen molar-refractivity contribution >= 4 is 11.2 Å². The second-order valence-electron chi connectivity index (χ2n) is 4.46. The zero-order valence-corrected chi connectivity index (χ0v) is 10.5. The molecule has 0 aliphatic carbocycles. The van der Waals surface area contributed by atoms with Gasteiger partial charge in [-0.15, -0.1) is 0 Å². The van der Waals surface area contributed by atoms with Crippen LogP contribution in [0.2, 0.25) is 0 Å². The molecule has 1 aliphatic heterocycles. The van der Waals surface area contributed by atoms with Gasteiger partial charge < -0.3 is 9.30 Å². The number of ether oxygens (including phenoxy) is 1. The Balaban J connectivity index is 2.00. The van der Waals surface area contributed by atoms with Crippen molar-refractivity contribution in [3.05, 3.63) is 36.2 Å². The lowest BCUT2D eigenvalue weighted by molar-refractivity contribution is 0.330. The van der Waals surface area contributed by atoms with E-state index in [2.05, 4.69) is 31.7 Å². The molecule has 3 aromatic rings. The first-order chi connectivity index (χ1) is 9.38. The first-order valence-electron chi connectivity index (χ1n) is 6.31. The van der Waals surface area contributed by atoms with E-state index < -0.39 is 0 Å². The summed E-state index contributed by atoms with van der Waals surface area (Å²) in [4.78, 5) is 13.2. The maximum atomic E-state index is 5.52. The highest BCUT2D eigenvalue weighted by Gasteiger charge is 2.24. The number of benzene rings is 1. The summed E-state index contributed by atoms with van der Waals surface area (Å²) in [6.07, 6.45) is 1.53. The van der Waals surface area contributed by atoms with Gasteiger partial charge in [0.1, 0.15) is 12.2 Å². The summed E-state index contributed by atoms with van der Waals surface area (Å²) in [6.45, 7) is 3.32. The average molecular weight is 252 g/mol. The van der Waals surface area contributed by atoms with E-state index in [9.17, 15) is 0 Å². The van der Waals surface area contributed by atoms with Crippen LogP contribution >= 0.6 is 0 Å². The molecule has 0 amide bonds. The molecule has 0 saturated carbocycles. The highest BCUT2D eigenvalue weighted by Crippen LogP contribution is 2.35. The summed E-state index contributed by atoms with van der Waals surface area (Å²) >= 11 is 0. The van der Waals surface area contributed by atoms with Gasteiger partial charge in [-0.3, -0.25) is 0 Å². The number of hydrogen-bond donors (Lipinski definition) is 0. The van der Waals surface area contributed by atoms with E-state index >= 15 is 0 Å². The van der Waals surface area contributed by atoms with Gasteiger partial charge in [-0.25, -0.2) is 9.97 Å². The molecule has 5 nitrogen and oxygen atoms in total. The predicted octanol–water partition coefficient (Wildman–Crippen LogP) is 2.25. The fourth-order valence-corrected chi connectivity index (χ4v) is 2.56. The van der Waals surface area contributed by atoms with E-state index in [1.54, 1.807) is 0 Å². The number of nitrogens with zero attached hydrogens (tertiary/aromatic N) is 4. The van der Waals surface area contributed by atoms with Gasteiger partial charge in [-0.1, -0.05) is 24.3 Å². The SMILES string of the molecule is CCOc1ncnc2c1nc1n2Cc2ccccc2-1. The van der Waals surface area contributed by atoms with Crippen LogP contribution in [-0.2, 0) is 6.54 Å². The van der Waals surface area contributed by atoms with Gasteiger partial charge in [0.15, 0.2) is 11.2 Å². The van der Waals surface area contributed by atoms with Crippen LogP contribution < -0.4 is 4.74 Å². The molecule has 2 aromatic heterocycles. The fourth-order valence-electron chi connectivity index (χ4n) is 2.56. The largest absolute Gasteiger partial charge is 0.476 e. The highest BCUT2D eigenvalue weighted by molar-refractivity contribution is 5.83. The predicted molar refractivity (Wildman–Crippen MR) is 71.0 cm³/mol. The summed E-state index contributed by atoms with van der Waals surface area (Å²) in [6, 6.07) is 8.30. The van der Waals surface area contributed by atoms with E-state index in [0.29, 0.717) is 12.5 Å². The average Bonchev–Trinajstić information content (AvgIpc) is 2.96. The zero-order chi connectivity index (χ0) is 12.8. The van der Waals surface area contributed by atoms with Crippen LogP contribution in [0.3, 0.4) is 0 Å². The normalized spacial score (nSPS) is 12.5. The maximum absolute atomic E-state index is 5.52. The Morgan fingerprint density at radius 1 is 1.26 bits per heavy atom. The Morgan fingerprint density at radius 2 is 2.16 bits per heavy atom. The first kappa shape index (κ1) is 10.5. The van der Waals surface area contributed by atoms with E-state index in [0.717, 1.165) is 23.5 Å². The molecule has 0 N–H and O–H groups in total. The Hall–Kier alpha value is -2.43. The number of imidazole rings is 1. The van der Waals surface area contributed by atoms with Gasteiger partial charge in [0, 0.05) is 5.56 Å². The molecule has 1 aromatic carbocycles. The van der Waals surface area contributed by atoms with Crippen molar-refractivity contribution in [1.82, 2.24) is 19.5 Å². The van der Waals surface area contributed by atoms with Gasteiger partial charge in [-0.05, 0) is 12.5 Å². The van der Waals surface area contributed by atoms with Gasteiger partial charge in [-0.2, -0.15) is 4.98 Å². The Kier molecular flexibility index (Phi) is 2.09. The molecule has 0 radical (unpaired) electrons. The van der Waals surface area contributed by atoms with Gasteiger partial charge in [0.25, 0.3) is 0 Å². The van der Waals surface area contributed by atoms with Crippen LogP contribution in [0.4, 0.5) is 0 Å². The van der Waals surface area contributed by atoms with Gasteiger partial charge >= 0.3 is 0 Å². The zero-order valence-electron chi connectivity index (χ0n) is 10.5. The van der Waals surface area contributed by atoms with Crippen molar-refractivity contribution in [1.29, 1.82) is 0 Å². The maximum Gasteiger partial charge on any atom is 0.245 e. The van der Waals surface area contributed by atoms with Crippen LogP contribution in [0, 0.1) is 0 Å². The Labute approximate surface area is 109 Å². The Morgan fingerprint density at radius 3 is 3.05 bits per heavy atom. The first-order valence-corrected chi connectivity index (χ1v) is 6.31. The standard InChI is InChI=1S/C14H12N4O/c1-2-19-14-11-13(15-8-16-14)18-7-9-5-3-4-6-10(9)12(18)17-11/h3-6,8H,2,7H2,1H3. The molecule has 19 heavy (non-hydrogen) atoms. The Bertz CT molecular complexity index is 778. The van der Waals surface area contributed by atoms with Crippen LogP contribution in [-0.4, -0.2) is 26.1 Å². The van der Waals surface area contributed by atoms with Crippen molar-refractivity contribution in [3.63, 3.8) is 0 Å². The smallest absolute Gasteiger partial charge is 0.245 e. The molecule has 0 atom stereocenters. The quantitative estimate of drug-likeness (QED) is 0.549. The van der Waals surface area contributed by atoms with Crippen LogP contribution in [0.5, 0.6) is 5.88 Å². The van der Waals surface area contributed by atoms with Gasteiger partial charge in [0.05, 0.1) is 13.2 Å². The number of hydrogen-bond acceptors (Lipinski definition) is 4. The molecule has 4 rings (SSSR count). The van der Waals surface area contributed by atoms with E-state index in [4.69, 9.17) is 4.74 Å². The number of aromatic nitrogens is 4. The lowest BCUT2D eigenvalue weighted by Crippen LogP contribution is -1.98. The summed E-state index contributed by atoms with van der Waals surface area (Å²) < 4.78 is 7.63. The van der Waals surface area contributed by atoms with Crippen molar-refractivity contribution in [2.45, 2.75) is 13.5 Å². The molecule has 94 valence electrons. The number of rotatable bonds is 2. The van der Waals surface area contributed by atoms with E-state index in [1.165, 1.54) is 17.5 Å². The molecule has 0 unspecified atom stereocenters. The minimum Gasteiger partial charge on any atom is -0.476 e. The van der Waals surface area contributed by atoms with Gasteiger partial charge in [0.2, 0.25) is 5.88 Å². The summed E-state index contributed by atoms with van der Waals surface area (Å²) in [5.41, 5.74) is 4.03. The van der Waals surface area contributed by atoms with Crippen LogP contribution in [0.1, 0.15) is 12.5 Å². The molecule has 0 spiro atoms. The molecule has 0 saturated heterocycles. The molecular weight excluding hydrogens is 240 g/mol. The molecule has 3 heterocycles. The molecule has 0 bridgehead atoms. The third-order valence-corrected chi connectivity index (χ3v) is 3.37. The minimum absolute atomic E-state index is 0.562. The van der Waals surface area contributed by atoms with Crippen LogP contribution in [0.15, 0.2) is 30.6 Å². The van der Waals surface area contributed by atoms with Crippen molar-refractivity contribution in [2.75, 3.05) is 6.61 Å². The lowest BCUT2D eigenvalue weighted by atomic mass is 10.1. The topological polar surface area (TPSA) is 52.8 Å². The van der Waals surface area contributed by atoms with E-state index in [1.807, 2.05) is 19.1 Å². The molecule has 0 fully saturated rings. The molecule has 1 aliphatic rings.